The van der Waals surface area contributed by atoms with Gasteiger partial charge in [-0.25, -0.2) is 9.97 Å². The average Bonchev–Trinajstić information content (AvgIpc) is 2.27. The number of nitrogens with zero attached hydrogens (tertiary/aromatic N) is 2. The molecule has 3 N–H and O–H groups in total. The molecule has 0 atom stereocenters. The van der Waals surface area contributed by atoms with E-state index in [1.165, 1.54) is 6.20 Å². The van der Waals surface area contributed by atoms with Crippen molar-refractivity contribution in [1.82, 2.24) is 15.3 Å². The quantitative estimate of drug-likeness (QED) is 0.853. The molecule has 0 saturated heterocycles. The molecule has 18 heavy (non-hydrogen) atoms. The van der Waals surface area contributed by atoms with Gasteiger partial charge in [0.25, 0.3) is 5.91 Å². The Balaban J connectivity index is 2.11. The Morgan fingerprint density at radius 1 is 1.50 bits per heavy atom. The second-order valence-electron chi connectivity index (χ2n) is 5.43. The molecule has 98 valence electrons. The summed E-state index contributed by atoms with van der Waals surface area (Å²) < 4.78 is 0. The van der Waals surface area contributed by atoms with E-state index in [-0.39, 0.29) is 17.9 Å². The molecule has 1 aromatic heterocycles. The van der Waals surface area contributed by atoms with Crippen LogP contribution in [0.2, 0.25) is 0 Å². The number of hydrogen-bond acceptors (Lipinski definition) is 4. The molecule has 1 aliphatic carbocycles. The van der Waals surface area contributed by atoms with Crippen LogP contribution in [-0.2, 0) is 0 Å². The van der Waals surface area contributed by atoms with Crippen molar-refractivity contribution in [1.29, 1.82) is 0 Å². The predicted octanol–water partition coefficient (Wildman–Crippen LogP) is 1.71. The second kappa shape index (κ2) is 4.92. The fourth-order valence-corrected chi connectivity index (χ4v) is 2.14. The lowest BCUT2D eigenvalue weighted by Gasteiger charge is -2.33. The molecular formula is C13H20N4O. The van der Waals surface area contributed by atoms with Crippen LogP contribution in [-0.4, -0.2) is 21.9 Å². The molecule has 1 aromatic rings. The van der Waals surface area contributed by atoms with E-state index < -0.39 is 0 Å². The van der Waals surface area contributed by atoms with Gasteiger partial charge in [0.2, 0.25) is 0 Å². The third-order valence-electron chi connectivity index (χ3n) is 3.28. The van der Waals surface area contributed by atoms with Crippen molar-refractivity contribution in [2.24, 2.45) is 5.92 Å². The molecule has 0 radical (unpaired) electrons. The highest BCUT2D eigenvalue weighted by molar-refractivity contribution is 5.97. The highest BCUT2D eigenvalue weighted by Crippen LogP contribution is 2.26. The maximum Gasteiger partial charge on any atom is 0.272 e. The van der Waals surface area contributed by atoms with Crippen LogP contribution in [0.25, 0.3) is 0 Å². The summed E-state index contributed by atoms with van der Waals surface area (Å²) in [7, 11) is 0. The molecule has 0 spiro atoms. The molecule has 2 rings (SSSR count). The van der Waals surface area contributed by atoms with Crippen molar-refractivity contribution in [2.75, 3.05) is 5.73 Å². The second-order valence-corrected chi connectivity index (χ2v) is 5.43. The van der Waals surface area contributed by atoms with E-state index in [1.54, 1.807) is 0 Å². The molecule has 0 aromatic carbocycles. The van der Waals surface area contributed by atoms with Gasteiger partial charge in [-0.2, -0.15) is 0 Å². The maximum absolute atomic E-state index is 12.1. The molecule has 1 saturated carbocycles. The smallest absolute Gasteiger partial charge is 0.272 e. The molecule has 1 heterocycles. The Kier molecular flexibility index (Phi) is 3.50. The first-order valence-corrected chi connectivity index (χ1v) is 6.40. The zero-order chi connectivity index (χ0) is 13.3. The minimum atomic E-state index is -0.186. The minimum Gasteiger partial charge on any atom is -0.396 e. The van der Waals surface area contributed by atoms with Crippen molar-refractivity contribution in [3.05, 3.63) is 17.7 Å². The van der Waals surface area contributed by atoms with Gasteiger partial charge in [-0.15, -0.1) is 0 Å². The van der Waals surface area contributed by atoms with Crippen LogP contribution < -0.4 is 11.1 Å². The van der Waals surface area contributed by atoms with E-state index in [0.717, 1.165) is 12.8 Å². The first-order chi connectivity index (χ1) is 8.47. The SMILES string of the molecule is CC1CC(NC(=O)c2nc(C(C)C)ncc2N)C1. The van der Waals surface area contributed by atoms with E-state index in [1.807, 2.05) is 13.8 Å². The molecule has 5 nitrogen and oxygen atoms in total. The summed E-state index contributed by atoms with van der Waals surface area (Å²) >= 11 is 0. The van der Waals surface area contributed by atoms with Crippen LogP contribution in [0.15, 0.2) is 6.20 Å². The standard InChI is InChI=1S/C13H20N4O/c1-7(2)12-15-6-10(14)11(17-12)13(18)16-9-4-8(3)5-9/h6-9H,4-5,14H2,1-3H3,(H,16,18). The number of hydrogen-bond donors (Lipinski definition) is 2. The van der Waals surface area contributed by atoms with E-state index >= 15 is 0 Å². The Hall–Kier alpha value is -1.65. The van der Waals surface area contributed by atoms with Crippen LogP contribution in [0, 0.1) is 5.92 Å². The predicted molar refractivity (Wildman–Crippen MR) is 70.2 cm³/mol. The number of carbonyl (C=O) groups is 1. The first-order valence-electron chi connectivity index (χ1n) is 6.40. The number of nitrogens with one attached hydrogen (secondary N) is 1. The Morgan fingerprint density at radius 3 is 2.72 bits per heavy atom. The lowest BCUT2D eigenvalue weighted by molar-refractivity contribution is 0.0891. The molecule has 0 aliphatic heterocycles. The van der Waals surface area contributed by atoms with Crippen LogP contribution in [0.4, 0.5) is 5.69 Å². The van der Waals surface area contributed by atoms with Crippen molar-refractivity contribution < 1.29 is 4.79 Å². The fourth-order valence-electron chi connectivity index (χ4n) is 2.14. The van der Waals surface area contributed by atoms with Gasteiger partial charge in [0, 0.05) is 12.0 Å². The highest BCUT2D eigenvalue weighted by atomic mass is 16.2. The normalized spacial score (nSPS) is 22.7. The summed E-state index contributed by atoms with van der Waals surface area (Å²) in [5.74, 6) is 1.34. The number of anilines is 1. The summed E-state index contributed by atoms with van der Waals surface area (Å²) in [6, 6.07) is 0.268. The molecule has 0 unspecified atom stereocenters. The Morgan fingerprint density at radius 2 is 2.17 bits per heavy atom. The minimum absolute atomic E-state index is 0.181. The van der Waals surface area contributed by atoms with Gasteiger partial charge in [0.15, 0.2) is 5.69 Å². The van der Waals surface area contributed by atoms with Crippen molar-refractivity contribution in [3.8, 4) is 0 Å². The topological polar surface area (TPSA) is 80.9 Å². The fraction of sp³-hybridized carbons (Fsp3) is 0.615. The average molecular weight is 248 g/mol. The number of carbonyl (C=O) groups excluding carboxylic acids is 1. The van der Waals surface area contributed by atoms with Crippen molar-refractivity contribution in [2.45, 2.75) is 45.6 Å². The van der Waals surface area contributed by atoms with Crippen LogP contribution in [0.1, 0.15) is 55.8 Å². The van der Waals surface area contributed by atoms with E-state index in [4.69, 9.17) is 5.73 Å². The molecule has 0 bridgehead atoms. The molecule has 5 heteroatoms. The zero-order valence-electron chi connectivity index (χ0n) is 11.1. The van der Waals surface area contributed by atoms with E-state index in [2.05, 4.69) is 22.2 Å². The van der Waals surface area contributed by atoms with Gasteiger partial charge in [0.1, 0.15) is 5.82 Å². The van der Waals surface area contributed by atoms with Gasteiger partial charge in [0.05, 0.1) is 11.9 Å². The highest BCUT2D eigenvalue weighted by Gasteiger charge is 2.28. The van der Waals surface area contributed by atoms with Gasteiger partial charge in [-0.3, -0.25) is 4.79 Å². The Labute approximate surface area is 107 Å². The monoisotopic (exact) mass is 248 g/mol. The van der Waals surface area contributed by atoms with Crippen LogP contribution in [0.3, 0.4) is 0 Å². The number of amides is 1. The lowest BCUT2D eigenvalue weighted by Crippen LogP contribution is -2.43. The molecule has 1 aliphatic rings. The van der Waals surface area contributed by atoms with Crippen molar-refractivity contribution >= 4 is 11.6 Å². The van der Waals surface area contributed by atoms with Gasteiger partial charge >= 0.3 is 0 Å². The Bertz CT molecular complexity index is 452. The molecule has 1 amide bonds. The maximum atomic E-state index is 12.1. The van der Waals surface area contributed by atoms with E-state index in [0.29, 0.717) is 23.1 Å². The van der Waals surface area contributed by atoms with Crippen LogP contribution in [0.5, 0.6) is 0 Å². The van der Waals surface area contributed by atoms with E-state index in [9.17, 15) is 4.79 Å². The van der Waals surface area contributed by atoms with Crippen molar-refractivity contribution in [3.63, 3.8) is 0 Å². The van der Waals surface area contributed by atoms with Gasteiger partial charge in [-0.1, -0.05) is 20.8 Å². The molecule has 1 fully saturated rings. The van der Waals surface area contributed by atoms with Gasteiger partial charge in [-0.05, 0) is 18.8 Å². The summed E-state index contributed by atoms with van der Waals surface area (Å²) in [4.78, 5) is 20.5. The largest absolute Gasteiger partial charge is 0.396 e. The number of nitrogen functional groups attached to an aromatic ring is 1. The third-order valence-corrected chi connectivity index (χ3v) is 3.28. The third kappa shape index (κ3) is 2.60. The summed E-state index contributed by atoms with van der Waals surface area (Å²) in [5, 5.41) is 2.96. The lowest BCUT2D eigenvalue weighted by atomic mass is 9.82. The number of rotatable bonds is 3. The summed E-state index contributed by atoms with van der Waals surface area (Å²) in [6.07, 6.45) is 3.59. The summed E-state index contributed by atoms with van der Waals surface area (Å²) in [5.41, 5.74) is 6.40. The first kappa shape index (κ1) is 12.8. The number of nitrogens with two attached hydrogens (primary N) is 1. The summed E-state index contributed by atoms with van der Waals surface area (Å²) in [6.45, 7) is 6.15. The molecular weight excluding hydrogens is 228 g/mol. The van der Waals surface area contributed by atoms with Gasteiger partial charge < -0.3 is 11.1 Å². The zero-order valence-corrected chi connectivity index (χ0v) is 11.1. The van der Waals surface area contributed by atoms with Crippen LogP contribution >= 0.6 is 0 Å². The number of aromatic nitrogens is 2.